The number of aryl methyl sites for hydroxylation is 3. The van der Waals surface area contributed by atoms with E-state index in [1.807, 2.05) is 25.1 Å². The molecule has 0 unspecified atom stereocenters. The largest absolute Gasteiger partial charge is 0.381 e. The molecule has 1 atom stereocenters. The Hall–Kier alpha value is -2.21. The van der Waals surface area contributed by atoms with E-state index in [1.165, 1.54) is 0 Å². The van der Waals surface area contributed by atoms with Gasteiger partial charge in [0.05, 0.1) is 23.6 Å². The van der Waals surface area contributed by atoms with Crippen molar-refractivity contribution >= 4 is 11.0 Å². The smallest absolute Gasteiger partial charge is 0.232 e. The van der Waals surface area contributed by atoms with Gasteiger partial charge in [-0.25, -0.2) is 4.98 Å². The van der Waals surface area contributed by atoms with Crippen molar-refractivity contribution < 1.29 is 9.26 Å². The van der Waals surface area contributed by atoms with Crippen LogP contribution in [0.25, 0.3) is 11.0 Å². The summed E-state index contributed by atoms with van der Waals surface area (Å²) >= 11 is 0. The highest BCUT2D eigenvalue weighted by atomic mass is 16.5. The highest BCUT2D eigenvalue weighted by Crippen LogP contribution is 2.24. The molecule has 0 radical (unpaired) electrons. The van der Waals surface area contributed by atoms with Crippen molar-refractivity contribution in [2.24, 2.45) is 0 Å². The molecule has 2 aromatic heterocycles. The number of ether oxygens (including phenoxy) is 1. The molecule has 6 heteroatoms. The lowest BCUT2D eigenvalue weighted by molar-refractivity contribution is 0.0705. The maximum Gasteiger partial charge on any atom is 0.232 e. The van der Waals surface area contributed by atoms with Crippen LogP contribution in [0.4, 0.5) is 0 Å². The lowest BCUT2D eigenvalue weighted by Crippen LogP contribution is -2.15. The third kappa shape index (κ3) is 2.86. The molecule has 1 aromatic carbocycles. The molecular formula is C17H20N4O2. The summed E-state index contributed by atoms with van der Waals surface area (Å²) in [5.74, 6) is 2.73. The number of para-hydroxylation sites is 2. The first-order valence-electron chi connectivity index (χ1n) is 8.13. The lowest BCUT2D eigenvalue weighted by Gasteiger charge is -2.18. The molecule has 120 valence electrons. The number of hydrogen-bond acceptors (Lipinski definition) is 5. The predicted molar refractivity (Wildman–Crippen MR) is 85.3 cm³/mol. The van der Waals surface area contributed by atoms with Gasteiger partial charge in [-0.05, 0) is 31.9 Å². The third-order valence-corrected chi connectivity index (χ3v) is 4.40. The van der Waals surface area contributed by atoms with E-state index in [1.54, 1.807) is 0 Å². The summed E-state index contributed by atoms with van der Waals surface area (Å²) in [6.07, 6.45) is 2.85. The summed E-state index contributed by atoms with van der Waals surface area (Å²) in [6, 6.07) is 8.18. The van der Waals surface area contributed by atoms with Gasteiger partial charge in [0, 0.05) is 19.6 Å². The van der Waals surface area contributed by atoms with Crippen LogP contribution in [0.15, 0.2) is 28.8 Å². The molecule has 6 nitrogen and oxygen atoms in total. The first-order valence-corrected chi connectivity index (χ1v) is 8.13. The third-order valence-electron chi connectivity index (χ3n) is 4.40. The van der Waals surface area contributed by atoms with Gasteiger partial charge in [0.1, 0.15) is 5.82 Å². The van der Waals surface area contributed by atoms with E-state index in [0.29, 0.717) is 12.5 Å². The molecule has 0 amide bonds. The van der Waals surface area contributed by atoms with Crippen LogP contribution < -0.4 is 0 Å². The van der Waals surface area contributed by atoms with Crippen LogP contribution in [0.2, 0.25) is 0 Å². The SMILES string of the molecule is Cc1nc2ccccc2n1CCc1noc([C@H]2CCCOC2)n1. The number of rotatable bonds is 4. The molecule has 0 spiro atoms. The number of fused-ring (bicyclic) bond motifs is 1. The summed E-state index contributed by atoms with van der Waals surface area (Å²) in [5.41, 5.74) is 2.17. The van der Waals surface area contributed by atoms with Gasteiger partial charge in [0.25, 0.3) is 0 Å². The summed E-state index contributed by atoms with van der Waals surface area (Å²) in [4.78, 5) is 9.14. The minimum Gasteiger partial charge on any atom is -0.381 e. The molecule has 4 rings (SSSR count). The van der Waals surface area contributed by atoms with E-state index in [0.717, 1.165) is 55.1 Å². The van der Waals surface area contributed by atoms with Crippen molar-refractivity contribution in [2.45, 2.75) is 38.6 Å². The van der Waals surface area contributed by atoms with Crippen molar-refractivity contribution in [1.29, 1.82) is 0 Å². The Kier molecular flexibility index (Phi) is 3.83. The van der Waals surface area contributed by atoms with E-state index >= 15 is 0 Å². The topological polar surface area (TPSA) is 66.0 Å². The zero-order chi connectivity index (χ0) is 15.6. The molecule has 0 aliphatic carbocycles. The van der Waals surface area contributed by atoms with Gasteiger partial charge in [-0.2, -0.15) is 4.98 Å². The number of imidazole rings is 1. The second-order valence-electron chi connectivity index (χ2n) is 6.01. The monoisotopic (exact) mass is 312 g/mol. The van der Waals surface area contributed by atoms with Crippen LogP contribution in [0.5, 0.6) is 0 Å². The fourth-order valence-electron chi connectivity index (χ4n) is 3.16. The van der Waals surface area contributed by atoms with E-state index in [-0.39, 0.29) is 5.92 Å². The highest BCUT2D eigenvalue weighted by Gasteiger charge is 2.22. The fraction of sp³-hybridized carbons (Fsp3) is 0.471. The van der Waals surface area contributed by atoms with Gasteiger partial charge in [-0.3, -0.25) is 0 Å². The minimum atomic E-state index is 0.251. The van der Waals surface area contributed by atoms with Crippen LogP contribution in [0.3, 0.4) is 0 Å². The van der Waals surface area contributed by atoms with Crippen molar-refractivity contribution in [3.8, 4) is 0 Å². The molecule has 0 saturated carbocycles. The quantitative estimate of drug-likeness (QED) is 0.741. The molecule has 0 bridgehead atoms. The number of benzene rings is 1. The van der Waals surface area contributed by atoms with Gasteiger partial charge in [0.15, 0.2) is 5.82 Å². The Balaban J connectivity index is 1.48. The van der Waals surface area contributed by atoms with Crippen molar-refractivity contribution in [2.75, 3.05) is 13.2 Å². The maximum absolute atomic E-state index is 5.49. The van der Waals surface area contributed by atoms with Gasteiger partial charge < -0.3 is 13.8 Å². The van der Waals surface area contributed by atoms with Crippen LogP contribution in [-0.4, -0.2) is 32.9 Å². The molecule has 1 fully saturated rings. The summed E-state index contributed by atoms with van der Waals surface area (Å²) in [6.45, 7) is 4.35. The first kappa shape index (κ1) is 14.4. The van der Waals surface area contributed by atoms with Crippen LogP contribution in [0.1, 0.15) is 36.3 Å². The van der Waals surface area contributed by atoms with Crippen molar-refractivity contribution in [1.82, 2.24) is 19.7 Å². The van der Waals surface area contributed by atoms with Gasteiger partial charge in [0.2, 0.25) is 5.89 Å². The Bertz CT molecular complexity index is 802. The normalized spacial score (nSPS) is 18.6. The Morgan fingerprint density at radius 1 is 1.26 bits per heavy atom. The van der Waals surface area contributed by atoms with E-state index in [2.05, 4.69) is 25.8 Å². The molecule has 23 heavy (non-hydrogen) atoms. The van der Waals surface area contributed by atoms with Crippen LogP contribution in [0, 0.1) is 6.92 Å². The minimum absolute atomic E-state index is 0.251. The zero-order valence-corrected chi connectivity index (χ0v) is 13.2. The lowest BCUT2D eigenvalue weighted by atomic mass is 10.0. The van der Waals surface area contributed by atoms with Crippen LogP contribution in [-0.2, 0) is 17.7 Å². The second-order valence-corrected chi connectivity index (χ2v) is 6.01. The standard InChI is InChI=1S/C17H20N4O2/c1-12-18-14-6-2-3-7-15(14)21(12)9-8-16-19-17(23-20-16)13-5-4-10-22-11-13/h2-3,6-7,13H,4-5,8-11H2,1H3/t13-/m0/s1. The predicted octanol–water partition coefficient (Wildman–Crippen LogP) is 2.86. The summed E-state index contributed by atoms with van der Waals surface area (Å²) in [7, 11) is 0. The number of aromatic nitrogens is 4. The molecule has 1 saturated heterocycles. The fourth-order valence-corrected chi connectivity index (χ4v) is 3.16. The van der Waals surface area contributed by atoms with Crippen molar-refractivity contribution in [3.05, 3.63) is 41.8 Å². The van der Waals surface area contributed by atoms with Crippen molar-refractivity contribution in [3.63, 3.8) is 0 Å². The second kappa shape index (κ2) is 6.12. The van der Waals surface area contributed by atoms with Gasteiger partial charge in [-0.1, -0.05) is 17.3 Å². The van der Waals surface area contributed by atoms with E-state index in [9.17, 15) is 0 Å². The molecular weight excluding hydrogens is 292 g/mol. The average Bonchev–Trinajstić information content (AvgIpc) is 3.18. The van der Waals surface area contributed by atoms with E-state index < -0.39 is 0 Å². The van der Waals surface area contributed by atoms with Gasteiger partial charge in [-0.15, -0.1) is 0 Å². The molecule has 1 aliphatic heterocycles. The Labute approximate surface area is 134 Å². The molecule has 1 aliphatic rings. The average molecular weight is 312 g/mol. The molecule has 0 N–H and O–H groups in total. The Morgan fingerprint density at radius 3 is 3.04 bits per heavy atom. The number of hydrogen-bond donors (Lipinski definition) is 0. The van der Waals surface area contributed by atoms with E-state index in [4.69, 9.17) is 9.26 Å². The zero-order valence-electron chi connectivity index (χ0n) is 13.2. The van der Waals surface area contributed by atoms with Gasteiger partial charge >= 0.3 is 0 Å². The summed E-state index contributed by atoms with van der Waals surface area (Å²) in [5, 5.41) is 4.13. The highest BCUT2D eigenvalue weighted by molar-refractivity contribution is 5.75. The Morgan fingerprint density at radius 2 is 2.17 bits per heavy atom. The molecule has 3 aromatic rings. The summed E-state index contributed by atoms with van der Waals surface area (Å²) < 4.78 is 13.1. The maximum atomic E-state index is 5.49. The number of nitrogens with zero attached hydrogens (tertiary/aromatic N) is 4. The molecule has 3 heterocycles. The first-order chi connectivity index (χ1) is 11.3. The van der Waals surface area contributed by atoms with Crippen LogP contribution >= 0.6 is 0 Å².